The Morgan fingerprint density at radius 1 is 1.37 bits per heavy atom. The molecular weight excluding hydrogens is 262 g/mol. The van der Waals surface area contributed by atoms with Crippen molar-refractivity contribution in [2.24, 2.45) is 0 Å². The number of likely N-dealkylation sites (N-methyl/N-ethyl adjacent to an activating group) is 1. The van der Waals surface area contributed by atoms with Crippen molar-refractivity contribution in [1.82, 2.24) is 4.90 Å². The van der Waals surface area contributed by atoms with Crippen LogP contribution in [0.3, 0.4) is 0 Å². The van der Waals surface area contributed by atoms with Crippen LogP contribution >= 0.6 is 0 Å². The van der Waals surface area contributed by atoms with E-state index in [4.69, 9.17) is 0 Å². The summed E-state index contributed by atoms with van der Waals surface area (Å²) in [7, 11) is -0.831. The molecule has 2 rings (SSSR count). The maximum absolute atomic E-state index is 11.5. The van der Waals surface area contributed by atoms with Crippen molar-refractivity contribution in [2.75, 3.05) is 18.6 Å². The second kappa shape index (κ2) is 5.51. The summed E-state index contributed by atoms with van der Waals surface area (Å²) in [6.45, 7) is 2.11. The first-order valence-electron chi connectivity index (χ1n) is 6.57. The van der Waals surface area contributed by atoms with Crippen LogP contribution in [0.2, 0.25) is 0 Å². The molecule has 0 bridgehead atoms. The lowest BCUT2D eigenvalue weighted by molar-refractivity contribution is 0.198. The van der Waals surface area contributed by atoms with Gasteiger partial charge in [-0.3, -0.25) is 4.90 Å². The van der Waals surface area contributed by atoms with Crippen LogP contribution < -0.4 is 0 Å². The Hall–Kier alpha value is -1.07. The molecule has 1 aliphatic heterocycles. The number of nitrogens with zero attached hydrogens (tertiary/aromatic N) is 1. The van der Waals surface area contributed by atoms with Gasteiger partial charge in [0.25, 0.3) is 0 Å². The first-order chi connectivity index (χ1) is 8.87. The molecule has 1 aromatic rings. The Kier molecular flexibility index (Phi) is 4.16. The van der Waals surface area contributed by atoms with Gasteiger partial charge < -0.3 is 5.11 Å². The van der Waals surface area contributed by atoms with Gasteiger partial charge in [-0.15, -0.1) is 0 Å². The smallest absolute Gasteiger partial charge is 0.151 e. The molecule has 0 spiro atoms. The molecule has 4 nitrogen and oxygen atoms in total. The number of sulfone groups is 1. The standard InChI is InChI=1S/C14H21NO3S/c1-11(9-12-3-5-14(16)6-4-12)15(2)13-7-8-19(17,18)10-13/h3-6,11,13,16H,7-10H2,1-2H3. The van der Waals surface area contributed by atoms with Crippen LogP contribution in [0.25, 0.3) is 0 Å². The number of phenols is 1. The van der Waals surface area contributed by atoms with Crippen LogP contribution in [0, 0.1) is 0 Å². The zero-order chi connectivity index (χ0) is 14.0. The molecule has 0 amide bonds. The Labute approximate surface area is 115 Å². The van der Waals surface area contributed by atoms with Crippen LogP contribution in [-0.4, -0.2) is 49.1 Å². The van der Waals surface area contributed by atoms with Crippen molar-refractivity contribution in [2.45, 2.75) is 31.8 Å². The lowest BCUT2D eigenvalue weighted by Gasteiger charge is -2.30. The predicted molar refractivity (Wildman–Crippen MR) is 76.1 cm³/mol. The van der Waals surface area contributed by atoms with E-state index in [1.807, 2.05) is 19.2 Å². The number of hydrogen-bond donors (Lipinski definition) is 1. The summed E-state index contributed by atoms with van der Waals surface area (Å²) in [4.78, 5) is 2.16. The minimum Gasteiger partial charge on any atom is -0.508 e. The van der Waals surface area contributed by atoms with E-state index < -0.39 is 9.84 Å². The summed E-state index contributed by atoms with van der Waals surface area (Å²) in [5, 5.41) is 9.25. The molecule has 0 aliphatic carbocycles. The molecule has 1 heterocycles. The number of rotatable bonds is 4. The minimum atomic E-state index is -2.83. The van der Waals surface area contributed by atoms with E-state index in [0.717, 1.165) is 18.4 Å². The van der Waals surface area contributed by atoms with E-state index in [2.05, 4.69) is 11.8 Å². The average Bonchev–Trinajstić information content (AvgIpc) is 2.71. The van der Waals surface area contributed by atoms with Gasteiger partial charge in [-0.1, -0.05) is 12.1 Å². The zero-order valence-corrected chi connectivity index (χ0v) is 12.2. The highest BCUT2D eigenvalue weighted by atomic mass is 32.2. The van der Waals surface area contributed by atoms with Crippen molar-refractivity contribution in [3.05, 3.63) is 29.8 Å². The van der Waals surface area contributed by atoms with Gasteiger partial charge in [-0.2, -0.15) is 0 Å². The monoisotopic (exact) mass is 283 g/mol. The van der Waals surface area contributed by atoms with Crippen LogP contribution in [0.5, 0.6) is 5.75 Å². The third-order valence-corrected chi connectivity index (χ3v) is 5.70. The van der Waals surface area contributed by atoms with Crippen LogP contribution in [0.1, 0.15) is 18.9 Å². The molecule has 1 fully saturated rings. The second-order valence-electron chi connectivity index (χ2n) is 5.44. The molecule has 0 radical (unpaired) electrons. The Bertz CT molecular complexity index is 524. The van der Waals surface area contributed by atoms with Gasteiger partial charge in [-0.05, 0) is 44.5 Å². The van der Waals surface area contributed by atoms with Gasteiger partial charge in [0.05, 0.1) is 11.5 Å². The first kappa shape index (κ1) is 14.3. The largest absolute Gasteiger partial charge is 0.508 e. The molecule has 2 atom stereocenters. The predicted octanol–water partition coefficient (Wildman–Crippen LogP) is 1.44. The Balaban J connectivity index is 1.96. The van der Waals surface area contributed by atoms with E-state index in [9.17, 15) is 13.5 Å². The van der Waals surface area contributed by atoms with Gasteiger partial charge in [-0.25, -0.2) is 8.42 Å². The van der Waals surface area contributed by atoms with Crippen LogP contribution in [0.4, 0.5) is 0 Å². The highest BCUT2D eigenvalue weighted by Gasteiger charge is 2.32. The molecule has 2 unspecified atom stereocenters. The van der Waals surface area contributed by atoms with Crippen LogP contribution in [0.15, 0.2) is 24.3 Å². The molecule has 19 heavy (non-hydrogen) atoms. The average molecular weight is 283 g/mol. The summed E-state index contributed by atoms with van der Waals surface area (Å²) < 4.78 is 23.0. The summed E-state index contributed by atoms with van der Waals surface area (Å²) in [5.74, 6) is 0.865. The van der Waals surface area contributed by atoms with E-state index in [1.54, 1.807) is 12.1 Å². The molecule has 0 saturated carbocycles. The Morgan fingerprint density at radius 3 is 2.53 bits per heavy atom. The van der Waals surface area contributed by atoms with Gasteiger partial charge in [0.2, 0.25) is 0 Å². The van der Waals surface area contributed by atoms with Crippen molar-refractivity contribution < 1.29 is 13.5 Å². The van der Waals surface area contributed by atoms with Crippen molar-refractivity contribution >= 4 is 9.84 Å². The maximum Gasteiger partial charge on any atom is 0.151 e. The highest BCUT2D eigenvalue weighted by molar-refractivity contribution is 7.91. The molecule has 106 valence electrons. The molecule has 1 saturated heterocycles. The fourth-order valence-corrected chi connectivity index (χ4v) is 4.36. The second-order valence-corrected chi connectivity index (χ2v) is 7.67. The zero-order valence-electron chi connectivity index (χ0n) is 11.4. The van der Waals surface area contributed by atoms with Crippen molar-refractivity contribution in [1.29, 1.82) is 0 Å². The Morgan fingerprint density at radius 2 is 2.00 bits per heavy atom. The first-order valence-corrected chi connectivity index (χ1v) is 8.40. The number of hydrogen-bond acceptors (Lipinski definition) is 4. The number of phenolic OH excluding ortho intramolecular Hbond substituents is 1. The van der Waals surface area contributed by atoms with E-state index in [-0.39, 0.29) is 23.6 Å². The summed E-state index contributed by atoms with van der Waals surface area (Å²) in [6, 6.07) is 7.60. The van der Waals surface area contributed by atoms with Gasteiger partial charge in [0.1, 0.15) is 5.75 Å². The van der Waals surface area contributed by atoms with Crippen LogP contribution in [-0.2, 0) is 16.3 Å². The third kappa shape index (κ3) is 3.70. The lowest BCUT2D eigenvalue weighted by atomic mass is 10.0. The van der Waals surface area contributed by atoms with Gasteiger partial charge in [0.15, 0.2) is 9.84 Å². The molecule has 1 aromatic carbocycles. The molecule has 5 heteroatoms. The maximum atomic E-state index is 11.5. The molecular formula is C14H21NO3S. The van der Waals surface area contributed by atoms with Gasteiger partial charge in [0, 0.05) is 12.1 Å². The topological polar surface area (TPSA) is 57.6 Å². The van der Waals surface area contributed by atoms with E-state index in [0.29, 0.717) is 5.75 Å². The molecule has 1 N–H and O–H groups in total. The summed E-state index contributed by atoms with van der Waals surface area (Å²) >= 11 is 0. The minimum absolute atomic E-state index is 0.136. The third-order valence-electron chi connectivity index (χ3n) is 3.95. The summed E-state index contributed by atoms with van der Waals surface area (Å²) in [6.07, 6.45) is 1.59. The SMILES string of the molecule is CC(Cc1ccc(O)cc1)N(C)C1CCS(=O)(=O)C1. The summed E-state index contributed by atoms with van der Waals surface area (Å²) in [5.41, 5.74) is 1.15. The lowest BCUT2D eigenvalue weighted by Crippen LogP contribution is -2.40. The fraction of sp³-hybridized carbons (Fsp3) is 0.571. The normalized spacial score (nSPS) is 23.6. The van der Waals surface area contributed by atoms with E-state index in [1.165, 1.54) is 0 Å². The molecule has 1 aliphatic rings. The van der Waals surface area contributed by atoms with E-state index >= 15 is 0 Å². The van der Waals surface area contributed by atoms with Crippen molar-refractivity contribution in [3.8, 4) is 5.75 Å². The van der Waals surface area contributed by atoms with Gasteiger partial charge >= 0.3 is 0 Å². The fourth-order valence-electron chi connectivity index (χ4n) is 2.57. The number of benzene rings is 1. The quantitative estimate of drug-likeness (QED) is 0.908. The highest BCUT2D eigenvalue weighted by Crippen LogP contribution is 2.20. The molecule has 0 aromatic heterocycles. The number of aromatic hydroxyl groups is 1. The van der Waals surface area contributed by atoms with Crippen molar-refractivity contribution in [3.63, 3.8) is 0 Å².